The smallest absolute Gasteiger partial charge is 0.312 e. The van der Waals surface area contributed by atoms with Crippen LogP contribution in [-0.4, -0.2) is 43.2 Å². The molecule has 0 saturated heterocycles. The number of hydrogen-bond donors (Lipinski definition) is 0. The van der Waals surface area contributed by atoms with Crippen molar-refractivity contribution < 1.29 is 36.0 Å². The maximum atomic E-state index is 11.8. The fourth-order valence-corrected chi connectivity index (χ4v) is 0.431. The summed E-state index contributed by atoms with van der Waals surface area (Å²) >= 11 is 0. The number of nitrogens with zero attached hydrogens (tertiary/aromatic N) is 2. The Kier molecular flexibility index (Phi) is 4.15. The molecular weight excluding hydrogens is 246 g/mol. The Bertz CT molecular complexity index is 276. The summed E-state index contributed by atoms with van der Waals surface area (Å²) in [5.41, 5.74) is -3.13. The van der Waals surface area contributed by atoms with E-state index in [1.165, 1.54) is 0 Å². The molecule has 0 fully saturated rings. The molecular formula is C6H6F6N2O2. The molecule has 0 N–H and O–H groups in total. The van der Waals surface area contributed by atoms with Crippen molar-refractivity contribution in [1.29, 1.82) is 0 Å². The van der Waals surface area contributed by atoms with Gasteiger partial charge in [-0.1, -0.05) is 5.16 Å². The topological polar surface area (TPSA) is 41.9 Å². The van der Waals surface area contributed by atoms with Gasteiger partial charge in [0.15, 0.2) is 0 Å². The third-order valence-electron chi connectivity index (χ3n) is 1.12. The average molecular weight is 252 g/mol. The molecule has 0 aromatic heterocycles. The quantitative estimate of drug-likeness (QED) is 0.310. The molecule has 0 bridgehead atoms. The maximum absolute atomic E-state index is 11.8. The van der Waals surface area contributed by atoms with E-state index in [0.29, 0.717) is 4.90 Å². The first-order valence-corrected chi connectivity index (χ1v) is 3.57. The molecule has 0 spiro atoms. The molecule has 0 unspecified atom stereocenters. The molecule has 10 heteroatoms. The van der Waals surface area contributed by atoms with E-state index in [-0.39, 0.29) is 0 Å². The highest BCUT2D eigenvalue weighted by Gasteiger charge is 2.54. The summed E-state index contributed by atoms with van der Waals surface area (Å²) in [6, 6.07) is 0. The van der Waals surface area contributed by atoms with Gasteiger partial charge in [-0.2, -0.15) is 26.3 Å². The fraction of sp³-hybridized carbons (Fsp3) is 0.667. The third kappa shape index (κ3) is 4.36. The molecule has 0 aromatic rings. The van der Waals surface area contributed by atoms with Crippen LogP contribution < -0.4 is 0 Å². The third-order valence-corrected chi connectivity index (χ3v) is 1.12. The number of oxime groups is 1. The zero-order chi connectivity index (χ0) is 13.1. The Morgan fingerprint density at radius 3 is 1.69 bits per heavy atom. The first-order chi connectivity index (χ1) is 6.96. The monoisotopic (exact) mass is 252 g/mol. The molecule has 0 saturated carbocycles. The lowest BCUT2D eigenvalue weighted by Crippen LogP contribution is -2.37. The lowest BCUT2D eigenvalue weighted by molar-refractivity contribution is -0.121. The number of carbonyl (C=O) groups excluding carboxylic acids is 1. The Labute approximate surface area is 85.4 Å². The van der Waals surface area contributed by atoms with Crippen molar-refractivity contribution in [2.24, 2.45) is 5.16 Å². The van der Waals surface area contributed by atoms with Crippen LogP contribution in [0, 0.1) is 0 Å². The standard InChI is InChI=1S/C6H6F6N2O2/c1-14(2)4(15)16-13-3(5(7,8)9)6(10,11)12/h1-2H3. The number of amides is 1. The van der Waals surface area contributed by atoms with Crippen LogP contribution in [0.3, 0.4) is 0 Å². The Balaban J connectivity index is 4.95. The van der Waals surface area contributed by atoms with Gasteiger partial charge in [-0.05, 0) is 0 Å². The van der Waals surface area contributed by atoms with Crippen LogP contribution in [0.25, 0.3) is 0 Å². The van der Waals surface area contributed by atoms with Crippen LogP contribution >= 0.6 is 0 Å². The van der Waals surface area contributed by atoms with Crippen molar-refractivity contribution in [3.05, 3.63) is 0 Å². The van der Waals surface area contributed by atoms with Gasteiger partial charge in [-0.3, -0.25) is 4.84 Å². The second kappa shape index (κ2) is 4.58. The van der Waals surface area contributed by atoms with Gasteiger partial charge in [0.2, 0.25) is 0 Å². The van der Waals surface area contributed by atoms with Crippen molar-refractivity contribution in [2.45, 2.75) is 12.4 Å². The van der Waals surface area contributed by atoms with Gasteiger partial charge in [-0.25, -0.2) is 4.79 Å². The number of halogens is 6. The van der Waals surface area contributed by atoms with Gasteiger partial charge in [0.25, 0.3) is 5.71 Å². The molecule has 94 valence electrons. The fourth-order valence-electron chi connectivity index (χ4n) is 0.431. The summed E-state index contributed by atoms with van der Waals surface area (Å²) in [6.45, 7) is 0. The minimum absolute atomic E-state index is 0.619. The number of hydrogen-bond acceptors (Lipinski definition) is 3. The van der Waals surface area contributed by atoms with Gasteiger partial charge in [0.05, 0.1) is 0 Å². The van der Waals surface area contributed by atoms with E-state index in [4.69, 9.17) is 0 Å². The Morgan fingerprint density at radius 2 is 1.44 bits per heavy atom. The molecule has 0 atom stereocenters. The van der Waals surface area contributed by atoms with E-state index < -0.39 is 24.2 Å². The predicted octanol–water partition coefficient (Wildman–Crippen LogP) is 2.17. The minimum Gasteiger partial charge on any atom is -0.312 e. The lowest BCUT2D eigenvalue weighted by atomic mass is 10.3. The second-order valence-electron chi connectivity index (χ2n) is 2.69. The van der Waals surface area contributed by atoms with E-state index in [1.54, 1.807) is 5.16 Å². The van der Waals surface area contributed by atoms with Gasteiger partial charge < -0.3 is 4.90 Å². The van der Waals surface area contributed by atoms with Crippen LogP contribution in [-0.2, 0) is 4.84 Å². The van der Waals surface area contributed by atoms with E-state index in [2.05, 4.69) is 4.84 Å². The van der Waals surface area contributed by atoms with Gasteiger partial charge in [-0.15, -0.1) is 0 Å². The molecule has 1 amide bonds. The zero-order valence-corrected chi connectivity index (χ0v) is 7.98. The first-order valence-electron chi connectivity index (χ1n) is 3.57. The van der Waals surface area contributed by atoms with Gasteiger partial charge in [0.1, 0.15) is 0 Å². The number of rotatable bonds is 1. The molecule has 0 aliphatic heterocycles. The van der Waals surface area contributed by atoms with Crippen LogP contribution in [0.5, 0.6) is 0 Å². The normalized spacial score (nSPS) is 12.0. The van der Waals surface area contributed by atoms with E-state index in [9.17, 15) is 31.1 Å². The predicted molar refractivity (Wildman–Crippen MR) is 39.7 cm³/mol. The van der Waals surface area contributed by atoms with Crippen LogP contribution in [0.1, 0.15) is 0 Å². The molecule has 0 rings (SSSR count). The zero-order valence-electron chi connectivity index (χ0n) is 7.98. The minimum atomic E-state index is -5.75. The van der Waals surface area contributed by atoms with Gasteiger partial charge >= 0.3 is 18.4 Å². The lowest BCUT2D eigenvalue weighted by Gasteiger charge is -2.13. The largest absolute Gasteiger partial charge is 0.441 e. The van der Waals surface area contributed by atoms with Crippen molar-refractivity contribution in [1.82, 2.24) is 4.90 Å². The summed E-state index contributed by atoms with van der Waals surface area (Å²) < 4.78 is 70.9. The van der Waals surface area contributed by atoms with Crippen LogP contribution in [0.15, 0.2) is 5.16 Å². The SMILES string of the molecule is CN(C)C(=O)ON=C(C(F)(F)F)C(F)(F)F. The van der Waals surface area contributed by atoms with Crippen molar-refractivity contribution in [2.75, 3.05) is 14.1 Å². The van der Waals surface area contributed by atoms with E-state index in [0.717, 1.165) is 14.1 Å². The van der Waals surface area contributed by atoms with Crippen molar-refractivity contribution in [3.8, 4) is 0 Å². The summed E-state index contributed by atoms with van der Waals surface area (Å²) in [7, 11) is 2.14. The highest BCUT2D eigenvalue weighted by Crippen LogP contribution is 2.30. The molecule has 0 aliphatic rings. The molecule has 4 nitrogen and oxygen atoms in total. The summed E-state index contributed by atoms with van der Waals surface area (Å²) in [5.74, 6) is 0. The molecule has 16 heavy (non-hydrogen) atoms. The Hall–Kier alpha value is -1.48. The second-order valence-corrected chi connectivity index (χ2v) is 2.69. The van der Waals surface area contributed by atoms with Crippen molar-refractivity contribution >= 4 is 11.8 Å². The maximum Gasteiger partial charge on any atom is 0.441 e. The van der Waals surface area contributed by atoms with E-state index in [1.807, 2.05) is 0 Å². The van der Waals surface area contributed by atoms with Crippen molar-refractivity contribution in [3.63, 3.8) is 0 Å². The number of carbonyl (C=O) groups is 1. The molecule has 0 aromatic carbocycles. The van der Waals surface area contributed by atoms with Crippen LogP contribution in [0.2, 0.25) is 0 Å². The molecule has 0 heterocycles. The van der Waals surface area contributed by atoms with E-state index >= 15 is 0 Å². The Morgan fingerprint density at radius 1 is 1.06 bits per heavy atom. The first kappa shape index (κ1) is 14.5. The molecule has 0 aliphatic carbocycles. The molecule has 0 radical (unpaired) electrons. The summed E-state index contributed by atoms with van der Waals surface area (Å²) in [6.07, 6.45) is -12.9. The number of alkyl halides is 6. The highest BCUT2D eigenvalue weighted by atomic mass is 19.4. The van der Waals surface area contributed by atoms with Crippen LogP contribution in [0.4, 0.5) is 31.1 Å². The summed E-state index contributed by atoms with van der Waals surface area (Å²) in [4.78, 5) is 14.6. The highest BCUT2D eigenvalue weighted by molar-refractivity contribution is 5.94. The average Bonchev–Trinajstić information content (AvgIpc) is 1.98. The van der Waals surface area contributed by atoms with Gasteiger partial charge in [0, 0.05) is 14.1 Å². The summed E-state index contributed by atoms with van der Waals surface area (Å²) in [5, 5.41) is 1.76.